The second-order valence-electron chi connectivity index (χ2n) is 5.21. The van der Waals surface area contributed by atoms with Crippen molar-refractivity contribution >= 4 is 45.3 Å². The molecule has 0 bridgehead atoms. The zero-order chi connectivity index (χ0) is 17.8. The first-order valence-electron chi connectivity index (χ1n) is 7.41. The van der Waals surface area contributed by atoms with E-state index >= 15 is 0 Å². The Bertz CT molecular complexity index is 1020. The Balaban J connectivity index is 1.95. The molecule has 0 unspecified atom stereocenters. The number of halogens is 2. The molecule has 124 valence electrons. The standard InChI is InChI=1S/C19H13FIN3O/c1-2-7-25-18-6-3-12(9-15(18)21)8-13(11-22)19-23-16-5-4-14(20)10-17(16)24-19/h2-6,8-10H,1,7H2,(H,23,24)/b13-8-. The van der Waals surface area contributed by atoms with Gasteiger partial charge < -0.3 is 9.72 Å². The predicted octanol–water partition coefficient (Wildman–Crippen LogP) is 4.94. The zero-order valence-corrected chi connectivity index (χ0v) is 15.2. The van der Waals surface area contributed by atoms with E-state index in [0.717, 1.165) is 14.9 Å². The van der Waals surface area contributed by atoms with Gasteiger partial charge in [-0.05, 0) is 64.6 Å². The zero-order valence-electron chi connectivity index (χ0n) is 13.1. The van der Waals surface area contributed by atoms with Gasteiger partial charge in [0.1, 0.15) is 30.1 Å². The molecule has 3 aromatic rings. The van der Waals surface area contributed by atoms with Crippen molar-refractivity contribution in [2.75, 3.05) is 6.61 Å². The van der Waals surface area contributed by atoms with E-state index in [1.807, 2.05) is 18.2 Å². The van der Waals surface area contributed by atoms with Crippen LogP contribution in [0, 0.1) is 20.7 Å². The van der Waals surface area contributed by atoms with Gasteiger partial charge >= 0.3 is 0 Å². The molecule has 0 atom stereocenters. The third kappa shape index (κ3) is 3.88. The van der Waals surface area contributed by atoms with Crippen LogP contribution in [0.25, 0.3) is 22.7 Å². The summed E-state index contributed by atoms with van der Waals surface area (Å²) in [6.45, 7) is 4.06. The Morgan fingerprint density at radius 1 is 1.36 bits per heavy atom. The molecule has 0 amide bonds. The van der Waals surface area contributed by atoms with Crippen molar-refractivity contribution in [2.24, 2.45) is 0 Å². The lowest BCUT2D eigenvalue weighted by Gasteiger charge is -2.06. The molecule has 25 heavy (non-hydrogen) atoms. The van der Waals surface area contributed by atoms with Gasteiger partial charge in [0.15, 0.2) is 0 Å². The van der Waals surface area contributed by atoms with Crippen LogP contribution in [-0.2, 0) is 0 Å². The molecule has 2 aromatic carbocycles. The second kappa shape index (κ2) is 7.49. The van der Waals surface area contributed by atoms with Crippen molar-refractivity contribution < 1.29 is 9.13 Å². The number of H-pyrrole nitrogens is 1. The number of allylic oxidation sites excluding steroid dienone is 1. The first kappa shape index (κ1) is 17.2. The van der Waals surface area contributed by atoms with Gasteiger partial charge in [0.2, 0.25) is 0 Å². The Morgan fingerprint density at radius 3 is 2.92 bits per heavy atom. The number of ether oxygens (including phenoxy) is 1. The average molecular weight is 445 g/mol. The summed E-state index contributed by atoms with van der Waals surface area (Å²) in [6, 6.07) is 12.0. The van der Waals surface area contributed by atoms with E-state index in [9.17, 15) is 9.65 Å². The Kier molecular flexibility index (Phi) is 5.14. The largest absolute Gasteiger partial charge is 0.488 e. The lowest BCUT2D eigenvalue weighted by atomic mass is 10.1. The average Bonchev–Trinajstić information content (AvgIpc) is 3.01. The summed E-state index contributed by atoms with van der Waals surface area (Å²) < 4.78 is 19.8. The van der Waals surface area contributed by atoms with Crippen LogP contribution in [0.5, 0.6) is 5.75 Å². The minimum Gasteiger partial charge on any atom is -0.488 e. The maximum Gasteiger partial charge on any atom is 0.149 e. The third-order valence-electron chi connectivity index (χ3n) is 3.44. The van der Waals surface area contributed by atoms with Crippen LogP contribution in [0.3, 0.4) is 0 Å². The van der Waals surface area contributed by atoms with Crippen LogP contribution >= 0.6 is 22.6 Å². The maximum atomic E-state index is 13.3. The summed E-state index contributed by atoms with van der Waals surface area (Å²) in [5.74, 6) is 0.815. The maximum absolute atomic E-state index is 13.3. The van der Waals surface area contributed by atoms with E-state index in [-0.39, 0.29) is 5.82 Å². The first-order chi connectivity index (χ1) is 12.1. The summed E-state index contributed by atoms with van der Waals surface area (Å²) in [6.07, 6.45) is 3.41. The summed E-state index contributed by atoms with van der Waals surface area (Å²) >= 11 is 2.18. The highest BCUT2D eigenvalue weighted by atomic mass is 127. The summed E-state index contributed by atoms with van der Waals surface area (Å²) in [5, 5.41) is 9.47. The lowest BCUT2D eigenvalue weighted by molar-refractivity contribution is 0.360. The number of nitrogens with one attached hydrogen (secondary N) is 1. The minimum atomic E-state index is -0.352. The topological polar surface area (TPSA) is 61.7 Å². The summed E-state index contributed by atoms with van der Waals surface area (Å²) in [5.41, 5.74) is 2.38. The Labute approximate surface area is 157 Å². The van der Waals surface area contributed by atoms with Gasteiger partial charge in [-0.25, -0.2) is 9.37 Å². The molecule has 0 saturated heterocycles. The van der Waals surface area contributed by atoms with Crippen LogP contribution in [0.4, 0.5) is 4.39 Å². The van der Waals surface area contributed by atoms with Crippen LogP contribution < -0.4 is 4.74 Å². The SMILES string of the molecule is C=CCOc1ccc(/C=C(/C#N)c2nc3ccc(F)cc3[nH]2)cc1I. The smallest absolute Gasteiger partial charge is 0.149 e. The Hall–Kier alpha value is -2.66. The van der Waals surface area contributed by atoms with Crippen LogP contribution in [0.1, 0.15) is 11.4 Å². The van der Waals surface area contributed by atoms with Gasteiger partial charge in [0, 0.05) is 0 Å². The Morgan fingerprint density at radius 2 is 2.20 bits per heavy atom. The predicted molar refractivity (Wildman–Crippen MR) is 104 cm³/mol. The van der Waals surface area contributed by atoms with Crippen LogP contribution in [0.2, 0.25) is 0 Å². The molecule has 1 heterocycles. The van der Waals surface area contributed by atoms with Crippen molar-refractivity contribution in [3.63, 3.8) is 0 Å². The second-order valence-corrected chi connectivity index (χ2v) is 6.37. The number of fused-ring (bicyclic) bond motifs is 1. The van der Waals surface area contributed by atoms with E-state index in [1.165, 1.54) is 12.1 Å². The minimum absolute atomic E-state index is 0.352. The van der Waals surface area contributed by atoms with E-state index in [1.54, 1.807) is 18.2 Å². The van der Waals surface area contributed by atoms with Gasteiger partial charge in [-0.1, -0.05) is 18.7 Å². The molecule has 0 aliphatic heterocycles. The molecule has 0 aliphatic rings. The van der Waals surface area contributed by atoms with Gasteiger partial charge in [0.05, 0.1) is 20.2 Å². The monoisotopic (exact) mass is 445 g/mol. The number of rotatable bonds is 5. The lowest BCUT2D eigenvalue weighted by Crippen LogP contribution is -1.95. The highest BCUT2D eigenvalue weighted by Crippen LogP contribution is 2.25. The van der Waals surface area contributed by atoms with Crippen molar-refractivity contribution in [2.45, 2.75) is 0 Å². The molecular weight excluding hydrogens is 432 g/mol. The van der Waals surface area contributed by atoms with Crippen molar-refractivity contribution in [1.82, 2.24) is 9.97 Å². The summed E-state index contributed by atoms with van der Waals surface area (Å²) in [4.78, 5) is 7.33. The number of hydrogen-bond acceptors (Lipinski definition) is 3. The summed E-state index contributed by atoms with van der Waals surface area (Å²) in [7, 11) is 0. The molecular formula is C19H13FIN3O. The van der Waals surface area contributed by atoms with Gasteiger partial charge in [0.25, 0.3) is 0 Å². The number of hydrogen-bond donors (Lipinski definition) is 1. The first-order valence-corrected chi connectivity index (χ1v) is 8.49. The molecule has 0 spiro atoms. The molecule has 4 nitrogen and oxygen atoms in total. The third-order valence-corrected chi connectivity index (χ3v) is 4.29. The van der Waals surface area contributed by atoms with Gasteiger partial charge in [-0.15, -0.1) is 0 Å². The number of aromatic amines is 1. The van der Waals surface area contributed by atoms with Crippen LogP contribution in [0.15, 0.2) is 49.1 Å². The molecule has 0 saturated carbocycles. The van der Waals surface area contributed by atoms with Crippen LogP contribution in [-0.4, -0.2) is 16.6 Å². The molecule has 1 aromatic heterocycles. The fourth-order valence-corrected chi connectivity index (χ4v) is 3.00. The fraction of sp³-hybridized carbons (Fsp3) is 0.0526. The van der Waals surface area contributed by atoms with E-state index in [2.05, 4.69) is 45.2 Å². The van der Waals surface area contributed by atoms with Gasteiger partial charge in [-0.2, -0.15) is 5.26 Å². The van der Waals surface area contributed by atoms with Crippen molar-refractivity contribution in [3.8, 4) is 11.8 Å². The molecule has 0 radical (unpaired) electrons. The molecule has 0 aliphatic carbocycles. The fourth-order valence-electron chi connectivity index (χ4n) is 2.30. The highest BCUT2D eigenvalue weighted by molar-refractivity contribution is 14.1. The number of imidazole rings is 1. The molecule has 1 N–H and O–H groups in total. The van der Waals surface area contributed by atoms with E-state index in [0.29, 0.717) is 29.0 Å². The van der Waals surface area contributed by atoms with Gasteiger partial charge in [-0.3, -0.25) is 0 Å². The van der Waals surface area contributed by atoms with E-state index in [4.69, 9.17) is 4.74 Å². The number of aromatic nitrogens is 2. The number of nitriles is 1. The van der Waals surface area contributed by atoms with E-state index < -0.39 is 0 Å². The molecule has 3 rings (SSSR count). The van der Waals surface area contributed by atoms with Crippen molar-refractivity contribution in [3.05, 3.63) is 69.8 Å². The molecule has 6 heteroatoms. The normalized spacial score (nSPS) is 11.3. The van der Waals surface area contributed by atoms with Crippen molar-refractivity contribution in [1.29, 1.82) is 5.26 Å². The molecule has 0 fully saturated rings. The number of benzene rings is 2. The highest BCUT2D eigenvalue weighted by Gasteiger charge is 2.09. The quantitative estimate of drug-likeness (QED) is 0.344. The number of nitrogens with zero attached hydrogens (tertiary/aromatic N) is 2.